The van der Waals surface area contributed by atoms with Crippen molar-refractivity contribution in [1.29, 1.82) is 0 Å². The highest BCUT2D eigenvalue weighted by atomic mass is 16.6. The Morgan fingerprint density at radius 2 is 1.83 bits per heavy atom. The maximum Gasteiger partial charge on any atom is 0.409 e. The van der Waals surface area contributed by atoms with Crippen molar-refractivity contribution in [1.82, 2.24) is 4.90 Å². The molecule has 2 aromatic rings. The smallest absolute Gasteiger partial charge is 0.409 e. The van der Waals surface area contributed by atoms with E-state index in [2.05, 4.69) is 0 Å². The van der Waals surface area contributed by atoms with Gasteiger partial charge in [-0.2, -0.15) is 0 Å². The molecule has 0 bridgehead atoms. The van der Waals surface area contributed by atoms with Gasteiger partial charge in [-0.3, -0.25) is 10.1 Å². The second-order valence-corrected chi connectivity index (χ2v) is 5.14. The summed E-state index contributed by atoms with van der Waals surface area (Å²) in [5.74, 6) is 0. The number of nitro groups is 1. The molecule has 6 nitrogen and oxygen atoms in total. The molecule has 2 rings (SSSR count). The summed E-state index contributed by atoms with van der Waals surface area (Å²) in [6, 6.07) is 15.8. The Kier molecular flexibility index (Phi) is 5.68. The van der Waals surface area contributed by atoms with E-state index in [1.54, 1.807) is 19.2 Å². The molecule has 2 aromatic carbocycles. The number of likely N-dealkylation sites (N-methyl/N-ethyl adjacent to an activating group) is 1. The lowest BCUT2D eigenvalue weighted by Crippen LogP contribution is -2.29. The van der Waals surface area contributed by atoms with Gasteiger partial charge < -0.3 is 9.64 Å². The van der Waals surface area contributed by atoms with Crippen molar-refractivity contribution in [2.75, 3.05) is 13.6 Å². The maximum absolute atomic E-state index is 11.9. The number of hydrogen-bond donors (Lipinski definition) is 0. The zero-order chi connectivity index (χ0) is 16.7. The highest BCUT2D eigenvalue weighted by molar-refractivity contribution is 5.67. The minimum absolute atomic E-state index is 0.0526. The van der Waals surface area contributed by atoms with Gasteiger partial charge in [-0.1, -0.05) is 42.5 Å². The van der Waals surface area contributed by atoms with Gasteiger partial charge in [0.1, 0.15) is 6.61 Å². The monoisotopic (exact) mass is 314 g/mol. The van der Waals surface area contributed by atoms with Crippen LogP contribution in [0.15, 0.2) is 54.6 Å². The minimum atomic E-state index is -0.429. The van der Waals surface area contributed by atoms with Crippen LogP contribution in [0.25, 0.3) is 0 Å². The number of carbonyl (C=O) groups excluding carboxylic acids is 1. The van der Waals surface area contributed by atoms with Crippen LogP contribution in [-0.2, 0) is 17.8 Å². The van der Waals surface area contributed by atoms with Crippen molar-refractivity contribution >= 4 is 11.8 Å². The molecule has 0 spiro atoms. The van der Waals surface area contributed by atoms with E-state index in [4.69, 9.17) is 4.74 Å². The molecule has 0 atom stereocenters. The number of nitrogens with zero attached hydrogens (tertiary/aromatic N) is 2. The fourth-order valence-corrected chi connectivity index (χ4v) is 2.04. The van der Waals surface area contributed by atoms with Crippen molar-refractivity contribution in [2.24, 2.45) is 0 Å². The second-order valence-electron chi connectivity index (χ2n) is 5.14. The van der Waals surface area contributed by atoms with Crippen LogP contribution in [0.5, 0.6) is 0 Å². The molecule has 0 aliphatic heterocycles. The van der Waals surface area contributed by atoms with Crippen LogP contribution in [0.3, 0.4) is 0 Å². The predicted octanol–water partition coefficient (Wildman–Crippen LogP) is 3.41. The Balaban J connectivity index is 1.82. The van der Waals surface area contributed by atoms with E-state index in [-0.39, 0.29) is 12.3 Å². The summed E-state index contributed by atoms with van der Waals surface area (Å²) in [7, 11) is 1.64. The fraction of sp³-hybridized carbons (Fsp3) is 0.235. The van der Waals surface area contributed by atoms with Crippen LogP contribution in [-0.4, -0.2) is 29.5 Å². The number of ether oxygens (including phenoxy) is 1. The third kappa shape index (κ3) is 5.10. The number of benzene rings is 2. The van der Waals surface area contributed by atoms with E-state index < -0.39 is 11.0 Å². The van der Waals surface area contributed by atoms with Gasteiger partial charge in [0.2, 0.25) is 0 Å². The Bertz CT molecular complexity index is 673. The summed E-state index contributed by atoms with van der Waals surface area (Å²) in [5.41, 5.74) is 1.78. The van der Waals surface area contributed by atoms with Crippen molar-refractivity contribution in [3.05, 3.63) is 75.8 Å². The zero-order valence-corrected chi connectivity index (χ0v) is 12.8. The molecule has 0 N–H and O–H groups in total. The van der Waals surface area contributed by atoms with E-state index in [9.17, 15) is 14.9 Å². The van der Waals surface area contributed by atoms with E-state index in [0.29, 0.717) is 13.0 Å². The van der Waals surface area contributed by atoms with Gasteiger partial charge in [0.15, 0.2) is 0 Å². The minimum Gasteiger partial charge on any atom is -0.445 e. The van der Waals surface area contributed by atoms with Crippen LogP contribution in [0.2, 0.25) is 0 Å². The lowest BCUT2D eigenvalue weighted by atomic mass is 10.1. The number of hydrogen-bond acceptors (Lipinski definition) is 4. The molecule has 0 unspecified atom stereocenters. The van der Waals surface area contributed by atoms with Gasteiger partial charge in [0.25, 0.3) is 5.69 Å². The van der Waals surface area contributed by atoms with Crippen LogP contribution in [0.4, 0.5) is 10.5 Å². The molecule has 0 saturated carbocycles. The van der Waals surface area contributed by atoms with Gasteiger partial charge >= 0.3 is 6.09 Å². The van der Waals surface area contributed by atoms with Gasteiger partial charge in [-0.05, 0) is 17.5 Å². The molecule has 23 heavy (non-hydrogen) atoms. The topological polar surface area (TPSA) is 72.7 Å². The Labute approximate surface area is 134 Å². The molecule has 120 valence electrons. The summed E-state index contributed by atoms with van der Waals surface area (Å²) in [6.45, 7) is 0.648. The summed E-state index contributed by atoms with van der Waals surface area (Å²) in [4.78, 5) is 23.7. The molecule has 6 heteroatoms. The SMILES string of the molecule is CN(CCc1cccc([N+](=O)[O-])c1)C(=O)OCc1ccccc1. The van der Waals surface area contributed by atoms with Crippen LogP contribution in [0, 0.1) is 10.1 Å². The standard InChI is InChI=1S/C17H18N2O4/c1-18(17(20)23-13-15-6-3-2-4-7-15)11-10-14-8-5-9-16(12-14)19(21)22/h2-9,12H,10-11,13H2,1H3. The first-order valence-corrected chi connectivity index (χ1v) is 7.21. The highest BCUT2D eigenvalue weighted by Crippen LogP contribution is 2.13. The predicted molar refractivity (Wildman–Crippen MR) is 86.1 cm³/mol. The third-order valence-corrected chi connectivity index (χ3v) is 3.37. The van der Waals surface area contributed by atoms with Crippen molar-refractivity contribution in [3.8, 4) is 0 Å². The summed E-state index contributed by atoms with van der Waals surface area (Å²) >= 11 is 0. The first-order chi connectivity index (χ1) is 11.1. The number of amides is 1. The molecule has 0 aliphatic rings. The highest BCUT2D eigenvalue weighted by Gasteiger charge is 2.11. The Morgan fingerprint density at radius 1 is 1.13 bits per heavy atom. The van der Waals surface area contributed by atoms with Gasteiger partial charge in [-0.15, -0.1) is 0 Å². The number of nitro benzene ring substituents is 1. The molecule has 0 aliphatic carbocycles. The Hall–Kier alpha value is -2.89. The maximum atomic E-state index is 11.9. The molecule has 0 aromatic heterocycles. The molecule has 0 radical (unpaired) electrons. The van der Waals surface area contributed by atoms with Crippen LogP contribution in [0.1, 0.15) is 11.1 Å². The normalized spacial score (nSPS) is 10.1. The molecule has 0 heterocycles. The number of non-ortho nitro benzene ring substituents is 1. The molecular weight excluding hydrogens is 296 g/mol. The first-order valence-electron chi connectivity index (χ1n) is 7.21. The molecular formula is C17H18N2O4. The van der Waals surface area contributed by atoms with Crippen LogP contribution < -0.4 is 0 Å². The number of rotatable bonds is 6. The zero-order valence-electron chi connectivity index (χ0n) is 12.8. The molecule has 1 amide bonds. The Morgan fingerprint density at radius 3 is 2.52 bits per heavy atom. The summed E-state index contributed by atoms with van der Waals surface area (Å²) < 4.78 is 5.22. The number of carbonyl (C=O) groups is 1. The quantitative estimate of drug-likeness (QED) is 0.605. The van der Waals surface area contributed by atoms with Gasteiger partial charge in [0.05, 0.1) is 4.92 Å². The second kappa shape index (κ2) is 7.93. The van der Waals surface area contributed by atoms with E-state index in [1.807, 2.05) is 30.3 Å². The van der Waals surface area contributed by atoms with Crippen molar-refractivity contribution in [3.63, 3.8) is 0 Å². The third-order valence-electron chi connectivity index (χ3n) is 3.37. The lowest BCUT2D eigenvalue weighted by molar-refractivity contribution is -0.384. The van der Waals surface area contributed by atoms with Crippen molar-refractivity contribution < 1.29 is 14.5 Å². The summed E-state index contributed by atoms with van der Waals surface area (Å²) in [6.07, 6.45) is 0.109. The average Bonchev–Trinajstić information content (AvgIpc) is 2.58. The van der Waals surface area contributed by atoms with Crippen molar-refractivity contribution in [2.45, 2.75) is 13.0 Å². The van der Waals surface area contributed by atoms with Crippen LogP contribution >= 0.6 is 0 Å². The average molecular weight is 314 g/mol. The summed E-state index contributed by atoms with van der Waals surface area (Å²) in [5, 5.41) is 10.7. The van der Waals surface area contributed by atoms with E-state index >= 15 is 0 Å². The first kappa shape index (κ1) is 16.5. The molecule has 0 fully saturated rings. The van der Waals surface area contributed by atoms with Gasteiger partial charge in [-0.25, -0.2) is 4.79 Å². The largest absolute Gasteiger partial charge is 0.445 e. The van der Waals surface area contributed by atoms with E-state index in [0.717, 1.165) is 11.1 Å². The lowest BCUT2D eigenvalue weighted by Gasteiger charge is -2.17. The molecule has 0 saturated heterocycles. The van der Waals surface area contributed by atoms with E-state index in [1.165, 1.54) is 17.0 Å². The van der Waals surface area contributed by atoms with Gasteiger partial charge in [0, 0.05) is 25.7 Å². The fourth-order valence-electron chi connectivity index (χ4n) is 2.04.